The molecule has 1 unspecified atom stereocenters. The molecule has 0 aliphatic carbocycles. The van der Waals surface area contributed by atoms with Crippen LogP contribution in [0.25, 0.3) is 0 Å². The first-order valence-electron chi connectivity index (χ1n) is 3.61. The van der Waals surface area contributed by atoms with Crippen molar-refractivity contribution in [3.8, 4) is 0 Å². The molecule has 0 radical (unpaired) electrons. The van der Waals surface area contributed by atoms with E-state index in [1.807, 2.05) is 10.8 Å². The lowest BCUT2D eigenvalue weighted by Crippen LogP contribution is -1.76. The Balaban J connectivity index is 2.17. The molecule has 0 N–H and O–H groups in total. The van der Waals surface area contributed by atoms with Gasteiger partial charge in [-0.15, -0.1) is 0 Å². The second-order valence-corrected chi connectivity index (χ2v) is 6.45. The molecule has 58 valence electrons. The molecular formula is C9H10S2. The third-order valence-corrected chi connectivity index (χ3v) is 5.79. The molecule has 0 amide bonds. The molecule has 0 fully saturated rings. The van der Waals surface area contributed by atoms with Crippen LogP contribution in [-0.2, 0) is 0 Å². The van der Waals surface area contributed by atoms with Gasteiger partial charge in [-0.05, 0) is 22.4 Å². The largest absolute Gasteiger partial charge is 0.170 e. The van der Waals surface area contributed by atoms with Gasteiger partial charge in [0, 0.05) is 5.75 Å². The van der Waals surface area contributed by atoms with Gasteiger partial charge < -0.3 is 0 Å². The minimum atomic E-state index is 0.0653. The van der Waals surface area contributed by atoms with Gasteiger partial charge in [0.05, 0.1) is 0 Å². The van der Waals surface area contributed by atoms with Crippen molar-refractivity contribution in [3.63, 3.8) is 0 Å². The maximum atomic E-state index is 2.27. The lowest BCUT2D eigenvalue weighted by molar-refractivity contribution is 1.46. The van der Waals surface area contributed by atoms with Crippen LogP contribution in [0.1, 0.15) is 0 Å². The Bertz CT molecular complexity index is 246. The zero-order chi connectivity index (χ0) is 7.52. The first-order valence-corrected chi connectivity index (χ1v) is 6.62. The van der Waals surface area contributed by atoms with E-state index in [0.29, 0.717) is 0 Å². The Morgan fingerprint density at radius 3 is 2.64 bits per heavy atom. The van der Waals surface area contributed by atoms with Gasteiger partial charge in [-0.1, -0.05) is 35.1 Å². The zero-order valence-electron chi connectivity index (χ0n) is 6.10. The van der Waals surface area contributed by atoms with Crippen LogP contribution < -0.4 is 0 Å². The smallest absolute Gasteiger partial charge is 0.00646 e. The molecule has 1 aliphatic rings. The molecule has 0 nitrogen and oxygen atoms in total. The average Bonchev–Trinajstić information content (AvgIpc) is 2.58. The van der Waals surface area contributed by atoms with Crippen LogP contribution in [0, 0.1) is 0 Å². The molecule has 11 heavy (non-hydrogen) atoms. The normalized spacial score (nSPS) is 25.6. The number of hydrogen-bond donors (Lipinski definition) is 1. The fourth-order valence-electron chi connectivity index (χ4n) is 1.06. The lowest BCUT2D eigenvalue weighted by atomic mass is 10.4. The van der Waals surface area contributed by atoms with Gasteiger partial charge in [0.2, 0.25) is 0 Å². The Morgan fingerprint density at radius 1 is 1.18 bits per heavy atom. The van der Waals surface area contributed by atoms with Crippen molar-refractivity contribution < 1.29 is 0 Å². The highest BCUT2D eigenvalue weighted by atomic mass is 33.1. The van der Waals surface area contributed by atoms with E-state index in [4.69, 9.17) is 0 Å². The van der Waals surface area contributed by atoms with Crippen molar-refractivity contribution in [2.45, 2.75) is 4.90 Å². The highest BCUT2D eigenvalue weighted by molar-refractivity contribution is 8.86. The molecule has 0 saturated heterocycles. The van der Waals surface area contributed by atoms with Crippen molar-refractivity contribution in [3.05, 3.63) is 41.8 Å². The fourth-order valence-corrected chi connectivity index (χ4v) is 4.70. The van der Waals surface area contributed by atoms with Gasteiger partial charge in [0.1, 0.15) is 0 Å². The maximum Gasteiger partial charge on any atom is 0.00646 e. The lowest BCUT2D eigenvalue weighted by Gasteiger charge is -2.12. The number of rotatable bonds is 1. The number of thiol groups is 1. The van der Waals surface area contributed by atoms with Crippen LogP contribution in [0.5, 0.6) is 0 Å². The maximum absolute atomic E-state index is 2.27. The van der Waals surface area contributed by atoms with Gasteiger partial charge >= 0.3 is 0 Å². The summed E-state index contributed by atoms with van der Waals surface area (Å²) in [5.74, 6) is 1.25. The predicted molar refractivity (Wildman–Crippen MR) is 55.3 cm³/mol. The molecule has 0 saturated carbocycles. The van der Waals surface area contributed by atoms with Crippen LogP contribution in [-0.4, -0.2) is 5.75 Å². The van der Waals surface area contributed by atoms with Gasteiger partial charge in [0.15, 0.2) is 0 Å². The Kier molecular flexibility index (Phi) is 2.24. The molecule has 2 rings (SSSR count). The number of benzene rings is 1. The van der Waals surface area contributed by atoms with Crippen molar-refractivity contribution >= 4 is 20.7 Å². The summed E-state index contributed by atoms with van der Waals surface area (Å²) in [6.45, 7) is 0. The molecule has 1 aliphatic heterocycles. The van der Waals surface area contributed by atoms with Gasteiger partial charge in [-0.3, -0.25) is 0 Å². The molecule has 0 spiro atoms. The van der Waals surface area contributed by atoms with E-state index in [1.54, 1.807) is 0 Å². The zero-order valence-corrected chi connectivity index (χ0v) is 7.81. The van der Waals surface area contributed by atoms with E-state index in [1.165, 1.54) is 10.6 Å². The van der Waals surface area contributed by atoms with Crippen molar-refractivity contribution in [2.75, 3.05) is 5.75 Å². The van der Waals surface area contributed by atoms with E-state index in [2.05, 4.69) is 41.8 Å². The Labute approximate surface area is 73.4 Å². The van der Waals surface area contributed by atoms with Crippen LogP contribution in [0.4, 0.5) is 0 Å². The molecule has 1 aromatic rings. The number of hydrogen-bond acceptors (Lipinski definition) is 1. The predicted octanol–water partition coefficient (Wildman–Crippen LogP) is 3.22. The molecule has 0 bridgehead atoms. The summed E-state index contributed by atoms with van der Waals surface area (Å²) in [5, 5.41) is 2.22. The topological polar surface area (TPSA) is 0 Å². The molecule has 0 aromatic heterocycles. The summed E-state index contributed by atoms with van der Waals surface area (Å²) < 4.78 is 0. The first-order chi connectivity index (χ1) is 5.47. The standard InChI is InChI=1S/C9H10S2/c1-2-5-9(6-3-1)11-8-4-7-10-11/h1-7,11H,8H2. The molecule has 1 atom stereocenters. The summed E-state index contributed by atoms with van der Waals surface area (Å²) in [5.41, 5.74) is 0. The van der Waals surface area contributed by atoms with Crippen LogP contribution in [0.15, 0.2) is 46.7 Å². The quantitative estimate of drug-likeness (QED) is 0.514. The molecule has 1 aromatic carbocycles. The van der Waals surface area contributed by atoms with Crippen LogP contribution in [0.2, 0.25) is 0 Å². The summed E-state index contributed by atoms with van der Waals surface area (Å²) in [7, 11) is 2.05. The SMILES string of the molecule is C1=CS[SH](c2ccccc2)C1. The third kappa shape index (κ3) is 1.63. The average molecular weight is 182 g/mol. The Morgan fingerprint density at radius 2 is 2.00 bits per heavy atom. The van der Waals surface area contributed by atoms with E-state index < -0.39 is 0 Å². The molecule has 1 heterocycles. The van der Waals surface area contributed by atoms with Crippen molar-refractivity contribution in [2.24, 2.45) is 0 Å². The van der Waals surface area contributed by atoms with E-state index in [-0.39, 0.29) is 9.93 Å². The van der Waals surface area contributed by atoms with E-state index in [9.17, 15) is 0 Å². The highest BCUT2D eigenvalue weighted by Crippen LogP contribution is 2.52. The fraction of sp³-hybridized carbons (Fsp3) is 0.111. The molecule has 2 heteroatoms. The monoisotopic (exact) mass is 182 g/mol. The van der Waals surface area contributed by atoms with Crippen LogP contribution in [0.3, 0.4) is 0 Å². The van der Waals surface area contributed by atoms with Gasteiger partial charge in [0.25, 0.3) is 0 Å². The summed E-state index contributed by atoms with van der Waals surface area (Å²) in [6.07, 6.45) is 2.27. The van der Waals surface area contributed by atoms with E-state index >= 15 is 0 Å². The third-order valence-electron chi connectivity index (χ3n) is 1.60. The van der Waals surface area contributed by atoms with Gasteiger partial charge in [-0.25, -0.2) is 0 Å². The second kappa shape index (κ2) is 3.37. The molecular weight excluding hydrogens is 172 g/mol. The summed E-state index contributed by atoms with van der Waals surface area (Å²) in [6, 6.07) is 10.8. The highest BCUT2D eigenvalue weighted by Gasteiger charge is 2.07. The first kappa shape index (κ1) is 7.32. The summed E-state index contributed by atoms with van der Waals surface area (Å²) in [4.78, 5) is 1.51. The van der Waals surface area contributed by atoms with Gasteiger partial charge in [-0.2, -0.15) is 9.93 Å². The Hall–Kier alpha value is -0.340. The van der Waals surface area contributed by atoms with Crippen molar-refractivity contribution in [1.82, 2.24) is 0 Å². The van der Waals surface area contributed by atoms with Crippen molar-refractivity contribution in [1.29, 1.82) is 0 Å². The summed E-state index contributed by atoms with van der Waals surface area (Å²) >= 11 is 0. The second-order valence-electron chi connectivity index (χ2n) is 2.37. The minimum absolute atomic E-state index is 0.0653. The van der Waals surface area contributed by atoms with Crippen LogP contribution >= 0.6 is 20.7 Å². The minimum Gasteiger partial charge on any atom is -0.170 e. The van der Waals surface area contributed by atoms with E-state index in [0.717, 1.165) is 0 Å².